The minimum atomic E-state index is -0.175. The molecule has 2 fully saturated rings. The number of halogens is 1. The summed E-state index contributed by atoms with van der Waals surface area (Å²) in [6.07, 6.45) is 7.53. The lowest BCUT2D eigenvalue weighted by atomic mass is 9.74. The van der Waals surface area contributed by atoms with Crippen LogP contribution in [0.2, 0.25) is 5.02 Å². The molecule has 2 atom stereocenters. The maximum atomic E-state index is 13.4. The van der Waals surface area contributed by atoms with E-state index >= 15 is 0 Å². The molecule has 1 amide bonds. The standard InChI is InChI=1S/C31H41ClN4O3/c1-4-22-19-31(11-9-21(2)24(22)20-31)12-13-33-30(38)29-23-5-8-27(34-26(23)7-6-25(29)32)36-17-15-35(16-18-36)14-10-28(37)39-3/h5-8,22H,4,9-20H2,1-3H3,(H,33,38). The van der Waals surface area contributed by atoms with Crippen molar-refractivity contribution in [2.45, 2.75) is 58.8 Å². The number of allylic oxidation sites excluding steroid dienone is 2. The number of nitrogens with one attached hydrogen (secondary N) is 1. The SMILES string of the molecule is CCC1CC2(CCNC(=O)c3c(Cl)ccc4nc(N5CCN(CCC(=O)OC)CC5)ccc34)CCC(C)=C1C2. The molecule has 2 heterocycles. The number of esters is 1. The highest BCUT2D eigenvalue weighted by molar-refractivity contribution is 6.35. The summed E-state index contributed by atoms with van der Waals surface area (Å²) >= 11 is 6.56. The zero-order chi connectivity index (χ0) is 27.6. The Labute approximate surface area is 236 Å². The lowest BCUT2D eigenvalue weighted by Gasteiger charge is -2.35. The van der Waals surface area contributed by atoms with Crippen LogP contribution in [0.1, 0.15) is 69.2 Å². The topological polar surface area (TPSA) is 74.8 Å². The number of fused-ring (bicyclic) bond motifs is 3. The molecular weight excluding hydrogens is 512 g/mol. The zero-order valence-corrected chi connectivity index (χ0v) is 24.3. The number of methoxy groups -OCH3 is 1. The molecule has 2 bridgehead atoms. The number of ether oxygens (including phenoxy) is 1. The molecule has 1 saturated heterocycles. The van der Waals surface area contributed by atoms with E-state index in [1.54, 1.807) is 17.2 Å². The van der Waals surface area contributed by atoms with Gasteiger partial charge < -0.3 is 15.0 Å². The van der Waals surface area contributed by atoms with Crippen molar-refractivity contribution in [2.75, 3.05) is 51.3 Å². The van der Waals surface area contributed by atoms with Gasteiger partial charge in [-0.05, 0) is 81.0 Å². The quantitative estimate of drug-likeness (QED) is 0.322. The lowest BCUT2D eigenvalue weighted by molar-refractivity contribution is -0.141. The Morgan fingerprint density at radius 1 is 1.18 bits per heavy atom. The smallest absolute Gasteiger partial charge is 0.306 e. The van der Waals surface area contributed by atoms with E-state index in [0.717, 1.165) is 55.2 Å². The zero-order valence-electron chi connectivity index (χ0n) is 23.5. The maximum absolute atomic E-state index is 13.4. The Bertz CT molecular complexity index is 1270. The molecule has 0 radical (unpaired) electrons. The number of amides is 1. The molecule has 1 aliphatic heterocycles. The first-order valence-corrected chi connectivity index (χ1v) is 14.8. The van der Waals surface area contributed by atoms with Crippen molar-refractivity contribution >= 4 is 40.2 Å². The molecule has 7 nitrogen and oxygen atoms in total. The molecule has 2 aromatic rings. The van der Waals surface area contributed by atoms with E-state index in [0.29, 0.717) is 35.5 Å². The summed E-state index contributed by atoms with van der Waals surface area (Å²) in [5, 5.41) is 4.43. The Hall–Kier alpha value is -2.64. The molecule has 5 rings (SSSR count). The average Bonchev–Trinajstić information content (AvgIpc) is 3.27. The van der Waals surface area contributed by atoms with Crippen molar-refractivity contribution in [2.24, 2.45) is 11.3 Å². The van der Waals surface area contributed by atoms with Crippen LogP contribution in [0.4, 0.5) is 5.82 Å². The van der Waals surface area contributed by atoms with Crippen LogP contribution < -0.4 is 10.2 Å². The molecule has 39 heavy (non-hydrogen) atoms. The Kier molecular flexibility index (Phi) is 8.48. The number of carbonyl (C=O) groups is 2. The average molecular weight is 553 g/mol. The van der Waals surface area contributed by atoms with E-state index < -0.39 is 0 Å². The molecule has 1 aromatic heterocycles. The van der Waals surface area contributed by atoms with Gasteiger partial charge in [-0.1, -0.05) is 29.7 Å². The van der Waals surface area contributed by atoms with Gasteiger partial charge in [-0.25, -0.2) is 4.98 Å². The number of carbonyl (C=O) groups excluding carboxylic acids is 2. The van der Waals surface area contributed by atoms with Crippen LogP contribution in [0.15, 0.2) is 35.4 Å². The van der Waals surface area contributed by atoms with Gasteiger partial charge in [-0.15, -0.1) is 0 Å². The largest absolute Gasteiger partial charge is 0.469 e. The molecule has 2 unspecified atom stereocenters. The van der Waals surface area contributed by atoms with Crippen LogP contribution in [0, 0.1) is 11.3 Å². The number of piperazine rings is 1. The van der Waals surface area contributed by atoms with Gasteiger partial charge >= 0.3 is 5.97 Å². The van der Waals surface area contributed by atoms with Gasteiger partial charge in [0.15, 0.2) is 0 Å². The minimum absolute atomic E-state index is 0.122. The second-order valence-electron chi connectivity index (χ2n) is 11.6. The van der Waals surface area contributed by atoms with Crippen molar-refractivity contribution in [3.63, 3.8) is 0 Å². The van der Waals surface area contributed by atoms with E-state index in [-0.39, 0.29) is 11.9 Å². The van der Waals surface area contributed by atoms with E-state index in [2.05, 4.69) is 29.0 Å². The van der Waals surface area contributed by atoms with Gasteiger partial charge in [0.25, 0.3) is 5.91 Å². The van der Waals surface area contributed by atoms with Crippen LogP contribution in [0.5, 0.6) is 0 Å². The summed E-state index contributed by atoms with van der Waals surface area (Å²) in [7, 11) is 1.43. The summed E-state index contributed by atoms with van der Waals surface area (Å²) in [5.41, 5.74) is 4.92. The van der Waals surface area contributed by atoms with E-state index in [1.165, 1.54) is 39.2 Å². The van der Waals surface area contributed by atoms with Gasteiger partial charge in [-0.3, -0.25) is 14.5 Å². The fraction of sp³-hybridized carbons (Fsp3) is 0.581. The Morgan fingerprint density at radius 2 is 1.97 bits per heavy atom. The molecule has 2 aliphatic carbocycles. The predicted molar refractivity (Wildman–Crippen MR) is 156 cm³/mol. The number of nitrogens with zero attached hydrogens (tertiary/aromatic N) is 3. The third-order valence-electron chi connectivity index (χ3n) is 9.34. The second-order valence-corrected chi connectivity index (χ2v) is 12.0. The number of hydrogen-bond acceptors (Lipinski definition) is 6. The summed E-state index contributed by atoms with van der Waals surface area (Å²) in [4.78, 5) is 34.2. The normalized spacial score (nSPS) is 23.4. The Morgan fingerprint density at radius 3 is 2.72 bits per heavy atom. The lowest BCUT2D eigenvalue weighted by Crippen LogP contribution is -2.47. The predicted octanol–water partition coefficient (Wildman–Crippen LogP) is 5.61. The van der Waals surface area contributed by atoms with Crippen LogP contribution in [0.3, 0.4) is 0 Å². The fourth-order valence-electron chi connectivity index (χ4n) is 6.93. The van der Waals surface area contributed by atoms with Gasteiger partial charge in [0.1, 0.15) is 5.82 Å². The first-order chi connectivity index (χ1) is 18.8. The minimum Gasteiger partial charge on any atom is -0.469 e. The van der Waals surface area contributed by atoms with E-state index in [1.807, 2.05) is 18.2 Å². The molecule has 0 spiro atoms. The first kappa shape index (κ1) is 27.9. The number of aromatic nitrogens is 1. The van der Waals surface area contributed by atoms with Gasteiger partial charge in [0.2, 0.25) is 0 Å². The third-order valence-corrected chi connectivity index (χ3v) is 9.65. The summed E-state index contributed by atoms with van der Waals surface area (Å²) in [6.45, 7) is 9.38. The number of anilines is 1. The third kappa shape index (κ3) is 5.94. The summed E-state index contributed by atoms with van der Waals surface area (Å²) < 4.78 is 4.75. The highest BCUT2D eigenvalue weighted by Gasteiger charge is 2.44. The number of hydrogen-bond donors (Lipinski definition) is 1. The molecule has 8 heteroatoms. The fourth-order valence-corrected chi connectivity index (χ4v) is 7.18. The molecule has 210 valence electrons. The van der Waals surface area contributed by atoms with Gasteiger partial charge in [0, 0.05) is 44.7 Å². The molecule has 1 saturated carbocycles. The van der Waals surface area contributed by atoms with Gasteiger partial charge in [-0.2, -0.15) is 0 Å². The molecular formula is C31H41ClN4O3. The van der Waals surface area contributed by atoms with Crippen LogP contribution in [-0.2, 0) is 9.53 Å². The highest BCUT2D eigenvalue weighted by Crippen LogP contribution is 2.56. The monoisotopic (exact) mass is 552 g/mol. The van der Waals surface area contributed by atoms with Crippen molar-refractivity contribution in [3.8, 4) is 0 Å². The maximum Gasteiger partial charge on any atom is 0.306 e. The highest BCUT2D eigenvalue weighted by atomic mass is 35.5. The van der Waals surface area contributed by atoms with E-state index in [4.69, 9.17) is 21.3 Å². The molecule has 1 N–H and O–H groups in total. The number of pyridine rings is 1. The van der Waals surface area contributed by atoms with Crippen LogP contribution in [-0.4, -0.2) is 68.1 Å². The van der Waals surface area contributed by atoms with Crippen molar-refractivity contribution in [1.82, 2.24) is 15.2 Å². The first-order valence-electron chi connectivity index (χ1n) is 14.4. The van der Waals surface area contributed by atoms with Crippen molar-refractivity contribution in [1.29, 1.82) is 0 Å². The molecule has 3 aliphatic rings. The molecule has 1 aromatic carbocycles. The summed E-state index contributed by atoms with van der Waals surface area (Å²) in [5.74, 6) is 1.32. The number of rotatable bonds is 9. The van der Waals surface area contributed by atoms with Crippen LogP contribution in [0.25, 0.3) is 10.9 Å². The number of benzene rings is 1. The van der Waals surface area contributed by atoms with Gasteiger partial charge in [0.05, 0.1) is 29.6 Å². The van der Waals surface area contributed by atoms with Crippen molar-refractivity contribution < 1.29 is 14.3 Å². The second kappa shape index (κ2) is 11.8. The Balaban J connectivity index is 1.22. The summed E-state index contributed by atoms with van der Waals surface area (Å²) in [6, 6.07) is 7.64. The van der Waals surface area contributed by atoms with Crippen LogP contribution >= 0.6 is 11.6 Å². The van der Waals surface area contributed by atoms with Crippen molar-refractivity contribution in [3.05, 3.63) is 46.0 Å². The van der Waals surface area contributed by atoms with E-state index in [9.17, 15) is 9.59 Å².